The molecule has 1 amide bonds. The smallest absolute Gasteiger partial charge is 0.317 e. The predicted octanol–water partition coefficient (Wildman–Crippen LogP) is 2.52. The molecule has 0 bridgehead atoms. The predicted molar refractivity (Wildman–Crippen MR) is 155 cm³/mol. The van der Waals surface area contributed by atoms with Crippen LogP contribution in [0.3, 0.4) is 0 Å². The number of nitrogens with zero attached hydrogens (tertiary/aromatic N) is 3. The maximum atomic E-state index is 14.3. The number of nitrogens with two attached hydrogens (primary N) is 1. The fraction of sp³-hybridized carbons (Fsp3) is 0.552. The summed E-state index contributed by atoms with van der Waals surface area (Å²) in [4.78, 5) is 29.1. The van der Waals surface area contributed by atoms with Gasteiger partial charge in [-0.1, -0.05) is 0 Å². The number of aryl methyl sites for hydroxylation is 1. The summed E-state index contributed by atoms with van der Waals surface area (Å²) in [5, 5.41) is 23.4. The maximum absolute atomic E-state index is 14.3. The Balaban J connectivity index is 1.66. The molecule has 0 aromatic heterocycles. The minimum absolute atomic E-state index is 0.0296. The summed E-state index contributed by atoms with van der Waals surface area (Å²) in [5.74, 6) is -0.880. The van der Waals surface area contributed by atoms with E-state index in [1.54, 1.807) is 24.2 Å². The van der Waals surface area contributed by atoms with Gasteiger partial charge in [-0.05, 0) is 48.9 Å². The van der Waals surface area contributed by atoms with E-state index in [9.17, 15) is 18.4 Å². The Hall–Kier alpha value is -3.51. The quantitative estimate of drug-likeness (QED) is 0.269. The summed E-state index contributed by atoms with van der Waals surface area (Å²) < 4.78 is 28.6. The number of alkyl halides is 2. The van der Waals surface area contributed by atoms with Gasteiger partial charge in [0, 0.05) is 99.7 Å². The topological polar surface area (TPSA) is 138 Å². The van der Waals surface area contributed by atoms with Crippen LogP contribution in [0.4, 0.5) is 14.5 Å². The number of aliphatic carboxylic acids is 1. The summed E-state index contributed by atoms with van der Waals surface area (Å²) in [6.45, 7) is 4.42. The summed E-state index contributed by atoms with van der Waals surface area (Å²) >= 11 is 0. The van der Waals surface area contributed by atoms with Crippen molar-refractivity contribution in [3.8, 4) is 0 Å². The number of benzene rings is 1. The highest BCUT2D eigenvalue weighted by Crippen LogP contribution is 2.38. The molecule has 12 heteroatoms. The molecule has 0 aliphatic carbocycles. The van der Waals surface area contributed by atoms with Crippen LogP contribution in [0, 0.1) is 5.41 Å². The van der Waals surface area contributed by atoms with Crippen molar-refractivity contribution in [3.05, 3.63) is 46.3 Å². The highest BCUT2D eigenvalue weighted by molar-refractivity contribution is 6.09. The lowest BCUT2D eigenvalue weighted by Crippen LogP contribution is -2.53. The lowest BCUT2D eigenvalue weighted by molar-refractivity contribution is -0.138. The molecule has 3 aliphatic heterocycles. The number of likely N-dealkylation sites (tertiary alicyclic amines) is 1. The number of allylic oxidation sites excluding steroid dienone is 1. The van der Waals surface area contributed by atoms with Crippen molar-refractivity contribution in [2.45, 2.75) is 57.7 Å². The van der Waals surface area contributed by atoms with Gasteiger partial charge < -0.3 is 36.7 Å². The Bertz CT molecular complexity index is 1210. The molecule has 4 rings (SSSR count). The summed E-state index contributed by atoms with van der Waals surface area (Å²) in [6.07, 6.45) is 2.94. The van der Waals surface area contributed by atoms with Gasteiger partial charge in [-0.25, -0.2) is 8.78 Å². The number of rotatable bonds is 10. The lowest BCUT2D eigenvalue weighted by atomic mass is 9.91. The molecule has 3 heterocycles. The average Bonchev–Trinajstić information content (AvgIpc) is 2.95. The summed E-state index contributed by atoms with van der Waals surface area (Å²) in [7, 11) is 1.66. The van der Waals surface area contributed by atoms with Gasteiger partial charge in [0.05, 0.1) is 6.54 Å². The van der Waals surface area contributed by atoms with Crippen LogP contribution in [0.5, 0.6) is 0 Å². The van der Waals surface area contributed by atoms with E-state index in [1.807, 2.05) is 9.80 Å². The number of carboxylic acids is 1. The van der Waals surface area contributed by atoms with Gasteiger partial charge in [0.2, 0.25) is 5.91 Å². The third kappa shape index (κ3) is 7.05. The molecule has 1 aromatic rings. The second kappa shape index (κ2) is 13.4. The fourth-order valence-corrected chi connectivity index (χ4v) is 6.10. The lowest BCUT2D eigenvalue weighted by Gasteiger charge is -2.42. The van der Waals surface area contributed by atoms with E-state index in [1.165, 1.54) is 13.0 Å². The maximum Gasteiger partial charge on any atom is 0.317 e. The molecule has 0 saturated carbocycles. The number of piperidine rings is 1. The van der Waals surface area contributed by atoms with Crippen molar-refractivity contribution in [3.63, 3.8) is 0 Å². The van der Waals surface area contributed by atoms with Crippen LogP contribution in [0.15, 0.2) is 29.6 Å². The monoisotopic (exact) mass is 573 g/mol. The molecule has 1 atom stereocenters. The standard InChI is InChI=1S/C29H41F2N7O3/c1-18(39)37-11-7-25(35-21-5-9-36(10-6-21)17-27(40)41)24(16-37)29(33)38-8-3-4-19-12-22(20(14-32)15-34-2)23(28(30)31)13-26(19)38/h12-15,21,28-29,32,34-35H,3-11,16-17,33H2,1-2H3,(H,40,41)/b20-15+,32-14?. The zero-order valence-electron chi connectivity index (χ0n) is 23.8. The van der Waals surface area contributed by atoms with Crippen LogP contribution in [0.25, 0.3) is 5.57 Å². The van der Waals surface area contributed by atoms with Crippen molar-refractivity contribution in [1.82, 2.24) is 20.4 Å². The molecule has 1 saturated heterocycles. The zero-order valence-corrected chi connectivity index (χ0v) is 23.8. The minimum atomic E-state index is -2.73. The van der Waals surface area contributed by atoms with E-state index in [4.69, 9.17) is 16.2 Å². The van der Waals surface area contributed by atoms with Crippen LogP contribution < -0.4 is 21.3 Å². The Morgan fingerprint density at radius 3 is 2.54 bits per heavy atom. The van der Waals surface area contributed by atoms with E-state index >= 15 is 0 Å². The minimum Gasteiger partial charge on any atom is -0.480 e. The molecule has 0 radical (unpaired) electrons. The van der Waals surface area contributed by atoms with Crippen molar-refractivity contribution in [1.29, 1.82) is 5.41 Å². The molecule has 1 fully saturated rings. The van der Waals surface area contributed by atoms with Crippen molar-refractivity contribution in [2.75, 3.05) is 51.2 Å². The van der Waals surface area contributed by atoms with Gasteiger partial charge in [0.25, 0.3) is 6.43 Å². The normalized spacial score (nSPS) is 19.7. The van der Waals surface area contributed by atoms with E-state index in [2.05, 4.69) is 10.6 Å². The summed E-state index contributed by atoms with van der Waals surface area (Å²) in [5.41, 5.74) is 10.9. The van der Waals surface area contributed by atoms with Crippen molar-refractivity contribution >= 4 is 29.4 Å². The molecular weight excluding hydrogens is 532 g/mol. The van der Waals surface area contributed by atoms with Gasteiger partial charge in [0.15, 0.2) is 0 Å². The van der Waals surface area contributed by atoms with Crippen molar-refractivity contribution < 1.29 is 23.5 Å². The molecule has 0 spiro atoms. The molecule has 6 N–H and O–H groups in total. The third-order valence-corrected chi connectivity index (χ3v) is 8.25. The fourth-order valence-electron chi connectivity index (χ4n) is 6.10. The Morgan fingerprint density at radius 1 is 1.20 bits per heavy atom. The first-order valence-corrected chi connectivity index (χ1v) is 14.2. The first kappa shape index (κ1) is 30.4. The largest absolute Gasteiger partial charge is 0.480 e. The molecule has 1 unspecified atom stereocenters. The molecular formula is C29H41F2N7O3. The highest BCUT2D eigenvalue weighted by atomic mass is 19.3. The number of hydrogen-bond donors (Lipinski definition) is 5. The molecule has 10 nitrogen and oxygen atoms in total. The second-order valence-electron chi connectivity index (χ2n) is 10.9. The number of hydrogen-bond acceptors (Lipinski definition) is 8. The zero-order chi connectivity index (χ0) is 29.7. The number of carbonyl (C=O) groups excluding carboxylic acids is 1. The Morgan fingerprint density at radius 2 is 1.93 bits per heavy atom. The van der Waals surface area contributed by atoms with Crippen molar-refractivity contribution in [2.24, 2.45) is 5.73 Å². The molecule has 3 aliphatic rings. The molecule has 224 valence electrons. The number of fused-ring (bicyclic) bond motifs is 1. The number of halogens is 2. The van der Waals surface area contributed by atoms with Gasteiger partial charge in [-0.2, -0.15) is 0 Å². The number of carboxylic acid groups (broad SMARTS) is 1. The first-order chi connectivity index (χ1) is 19.6. The van der Waals surface area contributed by atoms with E-state index in [0.717, 1.165) is 42.3 Å². The van der Waals surface area contributed by atoms with Crippen LogP contribution >= 0.6 is 0 Å². The van der Waals surface area contributed by atoms with Gasteiger partial charge in [0.1, 0.15) is 6.17 Å². The van der Waals surface area contributed by atoms with E-state index < -0.39 is 18.6 Å². The average molecular weight is 574 g/mol. The van der Waals surface area contributed by atoms with Gasteiger partial charge in [-0.15, -0.1) is 0 Å². The number of nitrogens with one attached hydrogen (secondary N) is 3. The second-order valence-corrected chi connectivity index (χ2v) is 10.9. The van der Waals surface area contributed by atoms with Crippen LogP contribution in [-0.2, 0) is 16.0 Å². The van der Waals surface area contributed by atoms with Crippen LogP contribution in [0.2, 0.25) is 0 Å². The Kier molecular flexibility index (Phi) is 9.98. The number of amides is 1. The first-order valence-electron chi connectivity index (χ1n) is 14.2. The summed E-state index contributed by atoms with van der Waals surface area (Å²) in [6, 6.07) is 3.42. The van der Waals surface area contributed by atoms with Gasteiger partial charge >= 0.3 is 5.97 Å². The van der Waals surface area contributed by atoms with Crippen LogP contribution in [-0.4, -0.2) is 91.5 Å². The molecule has 1 aromatic carbocycles. The van der Waals surface area contributed by atoms with Crippen LogP contribution in [0.1, 0.15) is 55.7 Å². The number of anilines is 1. The van der Waals surface area contributed by atoms with Gasteiger partial charge in [-0.3, -0.25) is 14.5 Å². The number of carbonyl (C=O) groups is 2. The van der Waals surface area contributed by atoms with E-state index in [0.29, 0.717) is 62.4 Å². The third-order valence-electron chi connectivity index (χ3n) is 8.25. The Labute approximate surface area is 239 Å². The highest BCUT2D eigenvalue weighted by Gasteiger charge is 2.33. The van der Waals surface area contributed by atoms with E-state index in [-0.39, 0.29) is 24.1 Å². The molecule has 41 heavy (non-hydrogen) atoms. The SMILES string of the molecule is CN/C=C(\C=N)c1cc2c(cc1C(F)F)N(C(N)C1=C(NC3CCN(CC(=O)O)CC3)CCN(C(C)=O)C1)CCC2.